The molecule has 3 rings (SSSR count). The molecule has 1 atom stereocenters. The maximum Gasteiger partial charge on any atom is 0.260 e. The van der Waals surface area contributed by atoms with Crippen LogP contribution < -0.4 is 16.2 Å². The van der Waals surface area contributed by atoms with Gasteiger partial charge in [0.1, 0.15) is 11.6 Å². The number of carbonyl (C=O) groups is 2. The quantitative estimate of drug-likeness (QED) is 0.740. The molecule has 1 aliphatic rings. The lowest BCUT2D eigenvalue weighted by atomic mass is 10.0. The Hall–Kier alpha value is -2.89. The van der Waals surface area contributed by atoms with Gasteiger partial charge in [0.05, 0.1) is 0 Å². The van der Waals surface area contributed by atoms with Crippen LogP contribution in [-0.2, 0) is 11.2 Å². The molecular formula is C18H19N3O3. The Morgan fingerprint density at radius 2 is 1.88 bits per heavy atom. The average molecular weight is 325 g/mol. The SMILES string of the molecule is O=C(N[C@H](Cc1ccccc1)C(=O)NC1CC1)c1ccc[nH]c1=O. The van der Waals surface area contributed by atoms with Crippen LogP contribution in [-0.4, -0.2) is 28.9 Å². The number of rotatable bonds is 6. The maximum atomic E-state index is 12.4. The number of amides is 2. The van der Waals surface area contributed by atoms with E-state index in [9.17, 15) is 14.4 Å². The molecule has 0 bridgehead atoms. The first-order chi connectivity index (χ1) is 11.6. The Morgan fingerprint density at radius 3 is 2.54 bits per heavy atom. The molecule has 1 saturated carbocycles. The first-order valence-electron chi connectivity index (χ1n) is 7.96. The van der Waals surface area contributed by atoms with E-state index in [4.69, 9.17) is 0 Å². The van der Waals surface area contributed by atoms with Crippen LogP contribution >= 0.6 is 0 Å². The molecule has 0 spiro atoms. The molecule has 0 aliphatic heterocycles. The summed E-state index contributed by atoms with van der Waals surface area (Å²) in [6.07, 6.45) is 3.77. The monoisotopic (exact) mass is 325 g/mol. The highest BCUT2D eigenvalue weighted by molar-refractivity contribution is 5.97. The number of hydrogen-bond acceptors (Lipinski definition) is 3. The number of aromatic amines is 1. The van der Waals surface area contributed by atoms with Gasteiger partial charge in [-0.3, -0.25) is 14.4 Å². The molecule has 1 aromatic heterocycles. The zero-order valence-corrected chi connectivity index (χ0v) is 13.1. The highest BCUT2D eigenvalue weighted by Crippen LogP contribution is 2.19. The van der Waals surface area contributed by atoms with E-state index in [1.165, 1.54) is 12.3 Å². The van der Waals surface area contributed by atoms with Crippen LogP contribution in [0.1, 0.15) is 28.8 Å². The second-order valence-corrected chi connectivity index (χ2v) is 5.91. The zero-order valence-electron chi connectivity index (χ0n) is 13.1. The van der Waals surface area contributed by atoms with Crippen molar-refractivity contribution in [3.05, 3.63) is 70.1 Å². The molecule has 1 aliphatic carbocycles. The molecule has 3 N–H and O–H groups in total. The molecule has 0 saturated heterocycles. The molecule has 1 fully saturated rings. The predicted molar refractivity (Wildman–Crippen MR) is 89.6 cm³/mol. The Bertz CT molecular complexity index is 781. The number of pyridine rings is 1. The summed E-state index contributed by atoms with van der Waals surface area (Å²) >= 11 is 0. The van der Waals surface area contributed by atoms with E-state index in [1.807, 2.05) is 30.3 Å². The lowest BCUT2D eigenvalue weighted by molar-refractivity contribution is -0.123. The number of H-pyrrole nitrogens is 1. The van der Waals surface area contributed by atoms with E-state index in [1.54, 1.807) is 6.07 Å². The van der Waals surface area contributed by atoms with Crippen LogP contribution in [0.3, 0.4) is 0 Å². The Morgan fingerprint density at radius 1 is 1.12 bits per heavy atom. The molecule has 1 heterocycles. The first-order valence-corrected chi connectivity index (χ1v) is 7.96. The van der Waals surface area contributed by atoms with E-state index in [-0.39, 0.29) is 17.5 Å². The van der Waals surface area contributed by atoms with Crippen LogP contribution in [0.5, 0.6) is 0 Å². The lowest BCUT2D eigenvalue weighted by Crippen LogP contribution is -2.49. The number of carbonyl (C=O) groups excluding carboxylic acids is 2. The smallest absolute Gasteiger partial charge is 0.260 e. The van der Waals surface area contributed by atoms with Gasteiger partial charge < -0.3 is 15.6 Å². The van der Waals surface area contributed by atoms with Crippen molar-refractivity contribution < 1.29 is 9.59 Å². The van der Waals surface area contributed by atoms with Gasteiger partial charge in [0, 0.05) is 18.7 Å². The average Bonchev–Trinajstić information content (AvgIpc) is 3.39. The highest BCUT2D eigenvalue weighted by Gasteiger charge is 2.29. The predicted octanol–water partition coefficient (Wildman–Crippen LogP) is 0.995. The van der Waals surface area contributed by atoms with Crippen LogP contribution in [0.15, 0.2) is 53.5 Å². The first kappa shape index (κ1) is 16.0. The van der Waals surface area contributed by atoms with Gasteiger partial charge in [-0.2, -0.15) is 0 Å². The van der Waals surface area contributed by atoms with Gasteiger partial charge in [-0.1, -0.05) is 30.3 Å². The second-order valence-electron chi connectivity index (χ2n) is 5.91. The van der Waals surface area contributed by atoms with Crippen molar-refractivity contribution >= 4 is 11.8 Å². The van der Waals surface area contributed by atoms with Gasteiger partial charge >= 0.3 is 0 Å². The molecule has 2 amide bonds. The standard InChI is InChI=1S/C18H19N3O3/c22-16-14(7-4-10-19-16)17(23)21-15(18(24)20-13-8-9-13)11-12-5-2-1-3-6-12/h1-7,10,13,15H,8-9,11H2,(H,19,22)(H,20,24)(H,21,23)/t15-/m1/s1. The van der Waals surface area contributed by atoms with E-state index in [0.717, 1.165) is 18.4 Å². The van der Waals surface area contributed by atoms with Crippen LogP contribution in [0, 0.1) is 0 Å². The maximum absolute atomic E-state index is 12.4. The minimum Gasteiger partial charge on any atom is -0.352 e. The van der Waals surface area contributed by atoms with E-state index >= 15 is 0 Å². The van der Waals surface area contributed by atoms with Crippen LogP contribution in [0.2, 0.25) is 0 Å². The normalized spacial score (nSPS) is 14.7. The molecule has 6 nitrogen and oxygen atoms in total. The van der Waals surface area contributed by atoms with Gasteiger partial charge in [-0.25, -0.2) is 0 Å². The third kappa shape index (κ3) is 4.10. The summed E-state index contributed by atoms with van der Waals surface area (Å²) in [4.78, 5) is 39.0. The minimum atomic E-state index is -0.722. The van der Waals surface area contributed by atoms with Gasteiger partial charge in [0.15, 0.2) is 0 Å². The fraction of sp³-hybridized carbons (Fsp3) is 0.278. The third-order valence-electron chi connectivity index (χ3n) is 3.89. The molecule has 0 unspecified atom stereocenters. The minimum absolute atomic E-state index is 0.00483. The van der Waals surface area contributed by atoms with Crippen molar-refractivity contribution in [3.8, 4) is 0 Å². The molecular weight excluding hydrogens is 306 g/mol. The molecule has 6 heteroatoms. The van der Waals surface area contributed by atoms with Crippen molar-refractivity contribution in [3.63, 3.8) is 0 Å². The molecule has 0 radical (unpaired) electrons. The second kappa shape index (κ2) is 7.12. The third-order valence-corrected chi connectivity index (χ3v) is 3.89. The summed E-state index contributed by atoms with van der Waals surface area (Å²) in [5, 5.41) is 5.59. The number of nitrogens with one attached hydrogen (secondary N) is 3. The summed E-state index contributed by atoms with van der Waals surface area (Å²) in [6.45, 7) is 0. The summed E-state index contributed by atoms with van der Waals surface area (Å²) < 4.78 is 0. The summed E-state index contributed by atoms with van der Waals surface area (Å²) in [5.41, 5.74) is 0.460. The Kier molecular flexibility index (Phi) is 4.74. The highest BCUT2D eigenvalue weighted by atomic mass is 16.2. The van der Waals surface area contributed by atoms with Crippen molar-refractivity contribution in [1.29, 1.82) is 0 Å². The lowest BCUT2D eigenvalue weighted by Gasteiger charge is -2.18. The van der Waals surface area contributed by atoms with E-state index in [0.29, 0.717) is 6.42 Å². The topological polar surface area (TPSA) is 91.1 Å². The fourth-order valence-electron chi connectivity index (χ4n) is 2.42. The van der Waals surface area contributed by atoms with Crippen molar-refractivity contribution in [2.45, 2.75) is 31.3 Å². The molecule has 24 heavy (non-hydrogen) atoms. The number of benzene rings is 1. The Labute approximate surface area is 139 Å². The van der Waals surface area contributed by atoms with Crippen LogP contribution in [0.4, 0.5) is 0 Å². The van der Waals surface area contributed by atoms with Gasteiger partial charge in [0.25, 0.3) is 11.5 Å². The summed E-state index contributed by atoms with van der Waals surface area (Å²) in [7, 11) is 0. The van der Waals surface area contributed by atoms with Gasteiger partial charge in [-0.15, -0.1) is 0 Å². The fourth-order valence-corrected chi connectivity index (χ4v) is 2.42. The number of aromatic nitrogens is 1. The Balaban J connectivity index is 1.75. The van der Waals surface area contributed by atoms with Crippen molar-refractivity contribution in [1.82, 2.24) is 15.6 Å². The van der Waals surface area contributed by atoms with Crippen LogP contribution in [0.25, 0.3) is 0 Å². The van der Waals surface area contributed by atoms with Crippen molar-refractivity contribution in [2.24, 2.45) is 0 Å². The van der Waals surface area contributed by atoms with E-state index < -0.39 is 17.5 Å². The molecule has 1 aromatic carbocycles. The van der Waals surface area contributed by atoms with Crippen molar-refractivity contribution in [2.75, 3.05) is 0 Å². The summed E-state index contributed by atoms with van der Waals surface area (Å²) in [6, 6.07) is 12.0. The summed E-state index contributed by atoms with van der Waals surface area (Å²) in [5.74, 6) is -0.772. The number of hydrogen-bond donors (Lipinski definition) is 3. The molecule has 124 valence electrons. The van der Waals surface area contributed by atoms with Gasteiger partial charge in [0.2, 0.25) is 5.91 Å². The zero-order chi connectivity index (χ0) is 16.9. The van der Waals surface area contributed by atoms with E-state index in [2.05, 4.69) is 15.6 Å². The largest absolute Gasteiger partial charge is 0.352 e. The molecule has 2 aromatic rings. The van der Waals surface area contributed by atoms with Gasteiger partial charge in [-0.05, 0) is 30.5 Å².